The highest BCUT2D eigenvalue weighted by atomic mass is 19.1. The Morgan fingerprint density at radius 2 is 2.20 bits per heavy atom. The predicted octanol–water partition coefficient (Wildman–Crippen LogP) is 2.25. The van der Waals surface area contributed by atoms with E-state index >= 15 is 0 Å². The molecule has 2 rings (SSSR count). The van der Waals surface area contributed by atoms with E-state index in [2.05, 4.69) is 4.98 Å². The van der Waals surface area contributed by atoms with E-state index in [9.17, 15) is 4.39 Å². The van der Waals surface area contributed by atoms with Crippen LogP contribution in [0.2, 0.25) is 0 Å². The second kappa shape index (κ2) is 3.54. The quantitative estimate of drug-likeness (QED) is 0.712. The van der Waals surface area contributed by atoms with Crippen molar-refractivity contribution in [1.82, 2.24) is 4.98 Å². The lowest BCUT2D eigenvalue weighted by molar-refractivity contribution is 0.403. The van der Waals surface area contributed by atoms with E-state index in [1.165, 1.54) is 25.4 Å². The number of pyridine rings is 1. The van der Waals surface area contributed by atoms with Gasteiger partial charge in [-0.2, -0.15) is 5.26 Å². The van der Waals surface area contributed by atoms with Crippen LogP contribution in [0, 0.1) is 17.1 Å². The van der Waals surface area contributed by atoms with Gasteiger partial charge in [-0.25, -0.2) is 9.37 Å². The first-order valence-electron chi connectivity index (χ1n) is 4.28. The van der Waals surface area contributed by atoms with Gasteiger partial charge in [-0.1, -0.05) is 0 Å². The fourth-order valence-electron chi connectivity index (χ4n) is 1.44. The minimum Gasteiger partial charge on any atom is -0.481 e. The van der Waals surface area contributed by atoms with Crippen LogP contribution in [0.4, 0.5) is 4.39 Å². The number of nitrogens with zero attached hydrogens (tertiary/aromatic N) is 2. The van der Waals surface area contributed by atoms with Crippen molar-refractivity contribution in [1.29, 1.82) is 5.26 Å². The Kier molecular flexibility index (Phi) is 2.22. The summed E-state index contributed by atoms with van der Waals surface area (Å²) in [6.45, 7) is 0. The van der Waals surface area contributed by atoms with Crippen LogP contribution in [-0.4, -0.2) is 12.1 Å². The molecule has 0 atom stereocenters. The molecule has 1 heterocycles. The van der Waals surface area contributed by atoms with Gasteiger partial charge in [0.15, 0.2) is 0 Å². The van der Waals surface area contributed by atoms with Gasteiger partial charge in [-0.05, 0) is 18.2 Å². The Morgan fingerprint density at radius 1 is 1.40 bits per heavy atom. The lowest BCUT2D eigenvalue weighted by Crippen LogP contribution is -1.91. The number of methoxy groups -OCH3 is 1. The van der Waals surface area contributed by atoms with Gasteiger partial charge in [0.25, 0.3) is 0 Å². The fraction of sp³-hybridized carbons (Fsp3) is 0.0909. The molecule has 0 unspecified atom stereocenters. The highest BCUT2D eigenvalue weighted by Gasteiger charge is 2.08. The normalized spacial score (nSPS) is 9.93. The molecule has 0 radical (unpaired) electrons. The van der Waals surface area contributed by atoms with Gasteiger partial charge >= 0.3 is 0 Å². The molecule has 0 fully saturated rings. The van der Waals surface area contributed by atoms with E-state index in [1.54, 1.807) is 6.07 Å². The van der Waals surface area contributed by atoms with Gasteiger partial charge in [0.2, 0.25) is 5.88 Å². The molecule has 0 aliphatic rings. The maximum absolute atomic E-state index is 13.0. The number of halogens is 1. The number of rotatable bonds is 1. The molecule has 0 aliphatic carbocycles. The molecule has 0 saturated heterocycles. The smallest absolute Gasteiger partial charge is 0.221 e. The number of benzene rings is 1. The van der Waals surface area contributed by atoms with Crippen molar-refractivity contribution in [2.45, 2.75) is 0 Å². The zero-order valence-corrected chi connectivity index (χ0v) is 7.99. The minimum absolute atomic E-state index is 0.338. The third kappa shape index (κ3) is 1.48. The first-order valence-corrected chi connectivity index (χ1v) is 4.28. The minimum atomic E-state index is -0.382. The predicted molar refractivity (Wildman–Crippen MR) is 53.0 cm³/mol. The van der Waals surface area contributed by atoms with Crippen molar-refractivity contribution in [2.24, 2.45) is 0 Å². The lowest BCUT2D eigenvalue weighted by atomic mass is 10.1. The van der Waals surface area contributed by atoms with Gasteiger partial charge in [-0.3, -0.25) is 0 Å². The molecule has 0 N–H and O–H groups in total. The maximum Gasteiger partial charge on any atom is 0.221 e. The third-order valence-corrected chi connectivity index (χ3v) is 2.13. The fourth-order valence-corrected chi connectivity index (χ4v) is 1.44. The lowest BCUT2D eigenvalue weighted by Gasteiger charge is -2.05. The molecule has 1 aromatic heterocycles. The second-order valence-electron chi connectivity index (χ2n) is 2.98. The van der Waals surface area contributed by atoms with Crippen LogP contribution in [0.25, 0.3) is 10.8 Å². The molecule has 0 aliphatic heterocycles. The Bertz CT molecular complexity index is 560. The van der Waals surface area contributed by atoms with E-state index < -0.39 is 0 Å². The van der Waals surface area contributed by atoms with Crippen molar-refractivity contribution >= 4 is 10.8 Å². The average Bonchev–Trinajstić information content (AvgIpc) is 2.27. The number of ether oxygens (including phenoxy) is 1. The van der Waals surface area contributed by atoms with Gasteiger partial charge in [0.1, 0.15) is 11.9 Å². The molecule has 4 heteroatoms. The average molecular weight is 202 g/mol. The SMILES string of the molecule is COc1ncc(C#N)c2cc(F)ccc12. The first kappa shape index (κ1) is 9.41. The highest BCUT2D eigenvalue weighted by molar-refractivity contribution is 5.91. The van der Waals surface area contributed by atoms with Crippen molar-refractivity contribution < 1.29 is 9.13 Å². The summed E-state index contributed by atoms with van der Waals surface area (Å²) in [5.41, 5.74) is 0.338. The summed E-state index contributed by atoms with van der Waals surface area (Å²) in [7, 11) is 1.48. The van der Waals surface area contributed by atoms with E-state index in [0.717, 1.165) is 0 Å². The van der Waals surface area contributed by atoms with Crippen LogP contribution >= 0.6 is 0 Å². The summed E-state index contributed by atoms with van der Waals surface area (Å²) < 4.78 is 18.0. The number of aromatic nitrogens is 1. The van der Waals surface area contributed by atoms with Crippen LogP contribution in [-0.2, 0) is 0 Å². The van der Waals surface area contributed by atoms with Crippen LogP contribution in [0.5, 0.6) is 5.88 Å². The molecule has 0 amide bonds. The summed E-state index contributed by atoms with van der Waals surface area (Å²) in [4.78, 5) is 3.96. The van der Waals surface area contributed by atoms with E-state index in [-0.39, 0.29) is 5.82 Å². The van der Waals surface area contributed by atoms with Gasteiger partial charge in [-0.15, -0.1) is 0 Å². The van der Waals surface area contributed by atoms with Crippen LogP contribution < -0.4 is 4.74 Å². The summed E-state index contributed by atoms with van der Waals surface area (Å²) in [5, 5.41) is 9.99. The van der Waals surface area contributed by atoms with Crippen LogP contribution in [0.15, 0.2) is 24.4 Å². The van der Waals surface area contributed by atoms with Crippen molar-refractivity contribution in [2.75, 3.05) is 7.11 Å². The van der Waals surface area contributed by atoms with E-state index in [0.29, 0.717) is 22.2 Å². The van der Waals surface area contributed by atoms with E-state index in [1.807, 2.05) is 6.07 Å². The molecule has 3 nitrogen and oxygen atoms in total. The Hall–Kier alpha value is -2.15. The third-order valence-electron chi connectivity index (χ3n) is 2.13. The van der Waals surface area contributed by atoms with Gasteiger partial charge in [0.05, 0.1) is 12.7 Å². The molecule has 15 heavy (non-hydrogen) atoms. The van der Waals surface area contributed by atoms with Crippen molar-refractivity contribution in [3.63, 3.8) is 0 Å². The summed E-state index contributed by atoms with van der Waals surface area (Å²) >= 11 is 0. The number of nitriles is 1. The van der Waals surface area contributed by atoms with Crippen LogP contribution in [0.3, 0.4) is 0 Å². The second-order valence-corrected chi connectivity index (χ2v) is 2.98. The summed E-state index contributed by atoms with van der Waals surface area (Å²) in [6, 6.07) is 6.13. The number of hydrogen-bond donors (Lipinski definition) is 0. The van der Waals surface area contributed by atoms with E-state index in [4.69, 9.17) is 10.00 Å². The largest absolute Gasteiger partial charge is 0.481 e. The van der Waals surface area contributed by atoms with Crippen molar-refractivity contribution in [3.8, 4) is 11.9 Å². The summed E-state index contributed by atoms with van der Waals surface area (Å²) in [6.07, 6.45) is 1.38. The molecule has 2 aromatic rings. The Morgan fingerprint density at radius 3 is 2.87 bits per heavy atom. The van der Waals surface area contributed by atoms with Crippen molar-refractivity contribution in [3.05, 3.63) is 35.8 Å². The van der Waals surface area contributed by atoms with Gasteiger partial charge < -0.3 is 4.74 Å². The zero-order chi connectivity index (χ0) is 10.8. The standard InChI is InChI=1S/C11H7FN2O/c1-15-11-9-3-2-8(12)4-10(9)7(5-13)6-14-11/h2-4,6H,1H3. The topological polar surface area (TPSA) is 45.9 Å². The molecule has 1 aromatic carbocycles. The Labute approximate surface area is 85.7 Å². The Balaban J connectivity index is 2.88. The number of hydrogen-bond acceptors (Lipinski definition) is 3. The molecular weight excluding hydrogens is 195 g/mol. The monoisotopic (exact) mass is 202 g/mol. The molecule has 0 spiro atoms. The zero-order valence-electron chi connectivity index (χ0n) is 7.99. The summed E-state index contributed by atoms with van der Waals surface area (Å²) in [5.74, 6) is 0.0104. The van der Waals surface area contributed by atoms with Crippen LogP contribution in [0.1, 0.15) is 5.56 Å². The molecular formula is C11H7FN2O. The molecule has 0 saturated carbocycles. The highest BCUT2D eigenvalue weighted by Crippen LogP contribution is 2.26. The molecule has 74 valence electrons. The van der Waals surface area contributed by atoms with Gasteiger partial charge in [0, 0.05) is 17.0 Å². The number of fused-ring (bicyclic) bond motifs is 1. The molecule has 0 bridgehead atoms. The first-order chi connectivity index (χ1) is 7.26. The maximum atomic E-state index is 13.0.